The maximum atomic E-state index is 11.6. The van der Waals surface area contributed by atoms with Crippen LogP contribution in [0.3, 0.4) is 0 Å². The Bertz CT molecular complexity index is 164. The molecule has 1 heterocycles. The predicted octanol–water partition coefficient (Wildman–Crippen LogP) is 1.33. The van der Waals surface area contributed by atoms with Crippen LogP contribution in [0.25, 0.3) is 0 Å². The summed E-state index contributed by atoms with van der Waals surface area (Å²) in [6.07, 6.45) is 2.97. The first-order chi connectivity index (χ1) is 6.24. The van der Waals surface area contributed by atoms with Crippen LogP contribution in [0.4, 0.5) is 0 Å². The van der Waals surface area contributed by atoms with Crippen LogP contribution in [0.2, 0.25) is 0 Å². The molecule has 3 heteroatoms. The SMILES string of the molecule is CCC(C)NC(=O)C1CCCOC1. The Morgan fingerprint density at radius 3 is 3.00 bits per heavy atom. The lowest BCUT2D eigenvalue weighted by molar-refractivity contribution is -0.129. The van der Waals surface area contributed by atoms with Crippen LogP contribution in [0.5, 0.6) is 0 Å². The van der Waals surface area contributed by atoms with Gasteiger partial charge in [0.2, 0.25) is 5.91 Å². The van der Waals surface area contributed by atoms with Crippen molar-refractivity contribution in [2.45, 2.75) is 39.2 Å². The zero-order chi connectivity index (χ0) is 9.68. The third kappa shape index (κ3) is 3.35. The van der Waals surface area contributed by atoms with Crippen LogP contribution in [0.15, 0.2) is 0 Å². The van der Waals surface area contributed by atoms with Gasteiger partial charge in [0.15, 0.2) is 0 Å². The van der Waals surface area contributed by atoms with Crippen molar-refractivity contribution in [3.05, 3.63) is 0 Å². The summed E-state index contributed by atoms with van der Waals surface area (Å²) in [5.74, 6) is 0.247. The molecule has 1 amide bonds. The second-order valence-electron chi connectivity index (χ2n) is 3.73. The summed E-state index contributed by atoms with van der Waals surface area (Å²) in [5, 5.41) is 2.98. The standard InChI is InChI=1S/C10H19NO2/c1-3-8(2)11-10(12)9-5-4-6-13-7-9/h8-9H,3-7H2,1-2H3,(H,11,12). The van der Waals surface area contributed by atoms with E-state index in [-0.39, 0.29) is 17.9 Å². The van der Waals surface area contributed by atoms with E-state index in [1.54, 1.807) is 0 Å². The van der Waals surface area contributed by atoms with Crippen molar-refractivity contribution >= 4 is 5.91 Å². The molecule has 0 spiro atoms. The van der Waals surface area contributed by atoms with E-state index in [0.29, 0.717) is 6.61 Å². The van der Waals surface area contributed by atoms with Crippen LogP contribution in [0, 0.1) is 5.92 Å². The highest BCUT2D eigenvalue weighted by molar-refractivity contribution is 5.79. The summed E-state index contributed by atoms with van der Waals surface area (Å²) in [6.45, 7) is 5.51. The summed E-state index contributed by atoms with van der Waals surface area (Å²) in [6, 6.07) is 0.287. The minimum Gasteiger partial charge on any atom is -0.381 e. The van der Waals surface area contributed by atoms with Gasteiger partial charge in [-0.3, -0.25) is 4.79 Å². The molecule has 0 aromatic carbocycles. The van der Waals surface area contributed by atoms with Crippen LogP contribution in [-0.4, -0.2) is 25.2 Å². The number of amides is 1. The van der Waals surface area contributed by atoms with Gasteiger partial charge in [-0.25, -0.2) is 0 Å². The quantitative estimate of drug-likeness (QED) is 0.720. The molecule has 0 aromatic heterocycles. The van der Waals surface area contributed by atoms with Gasteiger partial charge in [0.1, 0.15) is 0 Å². The molecule has 3 nitrogen and oxygen atoms in total. The van der Waals surface area contributed by atoms with E-state index < -0.39 is 0 Å². The molecule has 2 atom stereocenters. The molecule has 1 saturated heterocycles. The molecule has 0 aromatic rings. The van der Waals surface area contributed by atoms with E-state index in [1.807, 2.05) is 6.92 Å². The van der Waals surface area contributed by atoms with Crippen molar-refractivity contribution in [3.63, 3.8) is 0 Å². The van der Waals surface area contributed by atoms with E-state index in [0.717, 1.165) is 25.9 Å². The molecule has 0 radical (unpaired) electrons. The van der Waals surface area contributed by atoms with Gasteiger partial charge >= 0.3 is 0 Å². The molecular weight excluding hydrogens is 166 g/mol. The maximum absolute atomic E-state index is 11.6. The highest BCUT2D eigenvalue weighted by Gasteiger charge is 2.22. The average Bonchev–Trinajstić information content (AvgIpc) is 2.19. The lowest BCUT2D eigenvalue weighted by atomic mass is 10.0. The average molecular weight is 185 g/mol. The minimum atomic E-state index is 0.0859. The van der Waals surface area contributed by atoms with Crippen LogP contribution < -0.4 is 5.32 Å². The van der Waals surface area contributed by atoms with Gasteiger partial charge in [0.05, 0.1) is 12.5 Å². The van der Waals surface area contributed by atoms with E-state index >= 15 is 0 Å². The van der Waals surface area contributed by atoms with Crippen molar-refractivity contribution in [1.82, 2.24) is 5.32 Å². The van der Waals surface area contributed by atoms with E-state index in [2.05, 4.69) is 12.2 Å². The molecule has 0 bridgehead atoms. The fourth-order valence-electron chi connectivity index (χ4n) is 1.41. The van der Waals surface area contributed by atoms with Crippen molar-refractivity contribution in [2.24, 2.45) is 5.92 Å². The molecule has 2 unspecified atom stereocenters. The molecule has 1 aliphatic rings. The highest BCUT2D eigenvalue weighted by atomic mass is 16.5. The normalized spacial score (nSPS) is 25.2. The van der Waals surface area contributed by atoms with Crippen LogP contribution in [-0.2, 0) is 9.53 Å². The van der Waals surface area contributed by atoms with Gasteiger partial charge in [-0.05, 0) is 26.2 Å². The van der Waals surface area contributed by atoms with Gasteiger partial charge in [0.25, 0.3) is 0 Å². The van der Waals surface area contributed by atoms with Gasteiger partial charge < -0.3 is 10.1 Å². The van der Waals surface area contributed by atoms with Gasteiger partial charge in [-0.15, -0.1) is 0 Å². The first-order valence-corrected chi connectivity index (χ1v) is 5.12. The number of carbonyl (C=O) groups is 1. The largest absolute Gasteiger partial charge is 0.381 e. The van der Waals surface area contributed by atoms with Crippen LogP contribution >= 0.6 is 0 Å². The van der Waals surface area contributed by atoms with Crippen LogP contribution in [0.1, 0.15) is 33.1 Å². The molecule has 0 saturated carbocycles. The summed E-state index contributed by atoms with van der Waals surface area (Å²) < 4.78 is 5.26. The third-order valence-corrected chi connectivity index (χ3v) is 2.53. The highest BCUT2D eigenvalue weighted by Crippen LogP contribution is 2.13. The van der Waals surface area contributed by atoms with E-state index in [1.165, 1.54) is 0 Å². The molecule has 1 fully saturated rings. The first kappa shape index (κ1) is 10.5. The Morgan fingerprint density at radius 1 is 1.69 bits per heavy atom. The molecular formula is C10H19NO2. The topological polar surface area (TPSA) is 38.3 Å². The first-order valence-electron chi connectivity index (χ1n) is 5.12. The summed E-state index contributed by atoms with van der Waals surface area (Å²) >= 11 is 0. The Balaban J connectivity index is 2.29. The molecule has 1 aliphatic heterocycles. The van der Waals surface area contributed by atoms with E-state index in [4.69, 9.17) is 4.74 Å². The summed E-state index contributed by atoms with van der Waals surface area (Å²) in [7, 11) is 0. The monoisotopic (exact) mass is 185 g/mol. The van der Waals surface area contributed by atoms with Crippen molar-refractivity contribution in [1.29, 1.82) is 0 Å². The fraction of sp³-hybridized carbons (Fsp3) is 0.900. The molecule has 1 N–H and O–H groups in total. The second kappa shape index (κ2) is 5.22. The summed E-state index contributed by atoms with van der Waals surface area (Å²) in [5.41, 5.74) is 0. The lowest BCUT2D eigenvalue weighted by Gasteiger charge is -2.23. The second-order valence-corrected chi connectivity index (χ2v) is 3.73. The van der Waals surface area contributed by atoms with Crippen molar-refractivity contribution in [3.8, 4) is 0 Å². The Morgan fingerprint density at radius 2 is 2.46 bits per heavy atom. The Hall–Kier alpha value is -0.570. The predicted molar refractivity (Wildman–Crippen MR) is 51.4 cm³/mol. The summed E-state index contributed by atoms with van der Waals surface area (Å²) in [4.78, 5) is 11.6. The Labute approximate surface area is 79.8 Å². The number of rotatable bonds is 3. The number of nitrogens with one attached hydrogen (secondary N) is 1. The lowest BCUT2D eigenvalue weighted by Crippen LogP contribution is -2.40. The Kier molecular flexibility index (Phi) is 4.22. The van der Waals surface area contributed by atoms with Crippen molar-refractivity contribution < 1.29 is 9.53 Å². The number of ether oxygens (including phenoxy) is 1. The van der Waals surface area contributed by atoms with Gasteiger partial charge in [0, 0.05) is 12.6 Å². The number of hydrogen-bond donors (Lipinski definition) is 1. The molecule has 13 heavy (non-hydrogen) atoms. The zero-order valence-electron chi connectivity index (χ0n) is 8.51. The maximum Gasteiger partial charge on any atom is 0.225 e. The number of carbonyl (C=O) groups excluding carboxylic acids is 1. The van der Waals surface area contributed by atoms with Crippen molar-refractivity contribution in [2.75, 3.05) is 13.2 Å². The zero-order valence-corrected chi connectivity index (χ0v) is 8.51. The van der Waals surface area contributed by atoms with Gasteiger partial charge in [-0.2, -0.15) is 0 Å². The molecule has 76 valence electrons. The minimum absolute atomic E-state index is 0.0859. The third-order valence-electron chi connectivity index (χ3n) is 2.53. The fourth-order valence-corrected chi connectivity index (χ4v) is 1.41. The smallest absolute Gasteiger partial charge is 0.225 e. The van der Waals surface area contributed by atoms with Gasteiger partial charge in [-0.1, -0.05) is 6.92 Å². The van der Waals surface area contributed by atoms with E-state index in [9.17, 15) is 4.79 Å². The number of hydrogen-bond acceptors (Lipinski definition) is 2. The molecule has 1 rings (SSSR count). The molecule has 0 aliphatic carbocycles.